The summed E-state index contributed by atoms with van der Waals surface area (Å²) >= 11 is 0. The highest BCUT2D eigenvalue weighted by Crippen LogP contribution is 2.28. The second kappa shape index (κ2) is 5.68. The van der Waals surface area contributed by atoms with Gasteiger partial charge < -0.3 is 15.8 Å². The largest absolute Gasteiger partial charge is 0.398 e. The lowest BCUT2D eigenvalue weighted by Crippen LogP contribution is -2.28. The van der Waals surface area contributed by atoms with Crippen molar-refractivity contribution >= 4 is 11.6 Å². The number of rotatable bonds is 6. The minimum atomic E-state index is -0.141. The van der Waals surface area contributed by atoms with Crippen LogP contribution in [0.3, 0.4) is 0 Å². The van der Waals surface area contributed by atoms with E-state index in [0.717, 1.165) is 12.5 Å². The number of nitrogen functional groups attached to an aromatic ring is 1. The van der Waals surface area contributed by atoms with Crippen molar-refractivity contribution in [1.82, 2.24) is 5.32 Å². The number of benzene rings is 1. The summed E-state index contributed by atoms with van der Waals surface area (Å²) in [5.74, 6) is 0.619. The molecule has 0 heterocycles. The third kappa shape index (κ3) is 3.75. The predicted molar refractivity (Wildman–Crippen MR) is 66.7 cm³/mol. The quantitative estimate of drug-likeness (QED) is 0.578. The van der Waals surface area contributed by atoms with Gasteiger partial charge in [0.2, 0.25) is 0 Å². The second-order valence-corrected chi connectivity index (χ2v) is 4.36. The molecule has 0 radical (unpaired) electrons. The molecule has 1 saturated carbocycles. The Morgan fingerprint density at radius 3 is 2.88 bits per heavy atom. The number of nitrogens with two attached hydrogens (primary N) is 1. The first-order chi connectivity index (χ1) is 8.27. The van der Waals surface area contributed by atoms with E-state index >= 15 is 0 Å². The molecule has 0 aliphatic heterocycles. The molecule has 92 valence electrons. The van der Waals surface area contributed by atoms with Gasteiger partial charge in [-0.15, -0.1) is 0 Å². The van der Waals surface area contributed by atoms with Crippen LogP contribution in [-0.4, -0.2) is 25.7 Å². The fourth-order valence-corrected chi connectivity index (χ4v) is 1.57. The summed E-state index contributed by atoms with van der Waals surface area (Å²) in [6, 6.07) is 7.05. The van der Waals surface area contributed by atoms with Crippen LogP contribution in [0.2, 0.25) is 0 Å². The van der Waals surface area contributed by atoms with Gasteiger partial charge in [-0.25, -0.2) is 0 Å². The topological polar surface area (TPSA) is 64.4 Å². The Labute approximate surface area is 101 Å². The summed E-state index contributed by atoms with van der Waals surface area (Å²) in [7, 11) is 0. The van der Waals surface area contributed by atoms with Crippen LogP contribution in [0.25, 0.3) is 0 Å². The molecule has 1 fully saturated rings. The summed E-state index contributed by atoms with van der Waals surface area (Å²) in [5.41, 5.74) is 6.73. The van der Waals surface area contributed by atoms with Crippen molar-refractivity contribution in [1.29, 1.82) is 0 Å². The van der Waals surface area contributed by atoms with E-state index in [2.05, 4.69) is 5.32 Å². The third-order valence-corrected chi connectivity index (χ3v) is 2.79. The molecule has 1 aromatic rings. The van der Waals surface area contributed by atoms with E-state index in [9.17, 15) is 4.79 Å². The number of carbonyl (C=O) groups is 1. The van der Waals surface area contributed by atoms with Gasteiger partial charge in [-0.05, 0) is 30.9 Å². The van der Waals surface area contributed by atoms with Crippen molar-refractivity contribution in [2.75, 3.05) is 25.5 Å². The fourth-order valence-electron chi connectivity index (χ4n) is 1.57. The van der Waals surface area contributed by atoms with Crippen LogP contribution in [0.15, 0.2) is 24.3 Å². The maximum Gasteiger partial charge on any atom is 0.253 e. The summed E-state index contributed by atoms with van der Waals surface area (Å²) in [4.78, 5) is 11.7. The fraction of sp³-hybridized carbons (Fsp3) is 0.462. The molecule has 1 aliphatic rings. The summed E-state index contributed by atoms with van der Waals surface area (Å²) in [5, 5.41) is 2.79. The van der Waals surface area contributed by atoms with Crippen LogP contribution in [-0.2, 0) is 4.74 Å². The van der Waals surface area contributed by atoms with E-state index in [0.29, 0.717) is 24.4 Å². The number of nitrogens with one attached hydrogen (secondary N) is 1. The number of amides is 1. The normalized spacial score (nSPS) is 14.6. The highest BCUT2D eigenvalue weighted by molar-refractivity contribution is 5.98. The zero-order valence-electron chi connectivity index (χ0n) is 9.82. The van der Waals surface area contributed by atoms with Gasteiger partial charge >= 0.3 is 0 Å². The molecule has 17 heavy (non-hydrogen) atoms. The lowest BCUT2D eigenvalue weighted by atomic mass is 10.2. The van der Waals surface area contributed by atoms with Gasteiger partial charge in [0, 0.05) is 18.8 Å². The Kier molecular flexibility index (Phi) is 3.98. The van der Waals surface area contributed by atoms with Gasteiger partial charge in [-0.1, -0.05) is 12.1 Å². The predicted octanol–water partition coefficient (Wildman–Crippen LogP) is 1.43. The Hall–Kier alpha value is -1.55. The van der Waals surface area contributed by atoms with E-state index in [1.165, 1.54) is 12.8 Å². The minimum absolute atomic E-state index is 0.141. The monoisotopic (exact) mass is 234 g/mol. The Morgan fingerprint density at radius 2 is 2.18 bits per heavy atom. The lowest BCUT2D eigenvalue weighted by molar-refractivity contribution is 0.0907. The number of para-hydroxylation sites is 1. The molecular weight excluding hydrogens is 216 g/mol. The van der Waals surface area contributed by atoms with Crippen LogP contribution in [0, 0.1) is 5.92 Å². The van der Waals surface area contributed by atoms with Gasteiger partial charge in [0.05, 0.1) is 12.2 Å². The number of hydrogen-bond acceptors (Lipinski definition) is 3. The molecule has 0 unspecified atom stereocenters. The first-order valence-electron chi connectivity index (χ1n) is 5.98. The first kappa shape index (κ1) is 11.9. The van der Waals surface area contributed by atoms with Crippen LogP contribution in [0.5, 0.6) is 0 Å². The zero-order chi connectivity index (χ0) is 12.1. The molecule has 1 amide bonds. The SMILES string of the molecule is Nc1ccccc1C(=O)NCCOCC1CC1. The molecule has 0 aromatic heterocycles. The first-order valence-corrected chi connectivity index (χ1v) is 5.98. The Morgan fingerprint density at radius 1 is 1.41 bits per heavy atom. The number of carbonyl (C=O) groups excluding carboxylic acids is 1. The van der Waals surface area contributed by atoms with Gasteiger partial charge in [0.15, 0.2) is 0 Å². The average Bonchev–Trinajstić information content (AvgIpc) is 3.13. The van der Waals surface area contributed by atoms with Crippen molar-refractivity contribution in [2.45, 2.75) is 12.8 Å². The molecule has 0 bridgehead atoms. The summed E-state index contributed by atoms with van der Waals surface area (Å²) in [6.07, 6.45) is 2.57. The smallest absolute Gasteiger partial charge is 0.253 e. The average molecular weight is 234 g/mol. The molecule has 1 aromatic carbocycles. The van der Waals surface area contributed by atoms with E-state index in [1.807, 2.05) is 6.07 Å². The van der Waals surface area contributed by atoms with Crippen molar-refractivity contribution in [3.8, 4) is 0 Å². The van der Waals surface area contributed by atoms with E-state index in [-0.39, 0.29) is 5.91 Å². The molecule has 1 aliphatic carbocycles. The van der Waals surface area contributed by atoms with Gasteiger partial charge in [-0.2, -0.15) is 0 Å². The number of hydrogen-bond donors (Lipinski definition) is 2. The van der Waals surface area contributed by atoms with E-state index in [4.69, 9.17) is 10.5 Å². The molecule has 2 rings (SSSR count). The van der Waals surface area contributed by atoms with Crippen LogP contribution in [0.4, 0.5) is 5.69 Å². The maximum absolute atomic E-state index is 11.7. The standard InChI is InChI=1S/C13H18N2O2/c14-12-4-2-1-3-11(12)13(16)15-7-8-17-9-10-5-6-10/h1-4,10H,5-9,14H2,(H,15,16). The molecule has 4 heteroatoms. The van der Waals surface area contributed by atoms with E-state index in [1.54, 1.807) is 18.2 Å². The third-order valence-electron chi connectivity index (χ3n) is 2.79. The molecular formula is C13H18N2O2. The van der Waals surface area contributed by atoms with Crippen LogP contribution in [0.1, 0.15) is 23.2 Å². The van der Waals surface area contributed by atoms with Crippen LogP contribution < -0.4 is 11.1 Å². The highest BCUT2D eigenvalue weighted by atomic mass is 16.5. The van der Waals surface area contributed by atoms with Crippen LogP contribution >= 0.6 is 0 Å². The molecule has 3 N–H and O–H groups in total. The second-order valence-electron chi connectivity index (χ2n) is 4.36. The van der Waals surface area contributed by atoms with Gasteiger partial charge in [0.25, 0.3) is 5.91 Å². The summed E-state index contributed by atoms with van der Waals surface area (Å²) in [6.45, 7) is 1.91. The van der Waals surface area contributed by atoms with Crippen molar-refractivity contribution < 1.29 is 9.53 Å². The number of anilines is 1. The Balaban J connectivity index is 1.67. The van der Waals surface area contributed by atoms with Crippen molar-refractivity contribution in [3.05, 3.63) is 29.8 Å². The molecule has 0 spiro atoms. The van der Waals surface area contributed by atoms with Crippen molar-refractivity contribution in [3.63, 3.8) is 0 Å². The van der Waals surface area contributed by atoms with E-state index < -0.39 is 0 Å². The zero-order valence-corrected chi connectivity index (χ0v) is 9.82. The maximum atomic E-state index is 11.7. The molecule has 4 nitrogen and oxygen atoms in total. The van der Waals surface area contributed by atoms with Crippen molar-refractivity contribution in [2.24, 2.45) is 5.92 Å². The minimum Gasteiger partial charge on any atom is -0.398 e. The lowest BCUT2D eigenvalue weighted by Gasteiger charge is -2.07. The summed E-state index contributed by atoms with van der Waals surface area (Å²) < 4.78 is 5.43. The molecule has 0 atom stereocenters. The molecule has 0 saturated heterocycles. The Bertz CT molecular complexity index is 389. The van der Waals surface area contributed by atoms with Gasteiger partial charge in [-0.3, -0.25) is 4.79 Å². The van der Waals surface area contributed by atoms with Gasteiger partial charge in [0.1, 0.15) is 0 Å². The highest BCUT2D eigenvalue weighted by Gasteiger charge is 2.20. The number of ether oxygens (including phenoxy) is 1.